The normalized spacial score (nSPS) is 19.9. The Morgan fingerprint density at radius 3 is 2.56 bits per heavy atom. The molecule has 150 valence electrons. The van der Waals surface area contributed by atoms with Crippen molar-refractivity contribution in [1.82, 2.24) is 9.80 Å². The van der Waals surface area contributed by atoms with Crippen molar-refractivity contribution in [3.63, 3.8) is 0 Å². The molecule has 1 heterocycles. The van der Waals surface area contributed by atoms with Gasteiger partial charge >= 0.3 is 0 Å². The van der Waals surface area contributed by atoms with Crippen LogP contribution in [0.15, 0.2) is 29.2 Å². The van der Waals surface area contributed by atoms with Crippen LogP contribution in [0, 0.1) is 0 Å². The molecule has 2 aliphatic rings. The zero-order valence-corrected chi connectivity index (χ0v) is 18.4. The second-order valence-electron chi connectivity index (χ2n) is 7.98. The van der Waals surface area contributed by atoms with E-state index in [1.807, 2.05) is 0 Å². The van der Waals surface area contributed by atoms with Gasteiger partial charge in [-0.25, -0.2) is 0 Å². The lowest BCUT2D eigenvalue weighted by atomic mass is 9.94. The Morgan fingerprint density at radius 1 is 1.07 bits per heavy atom. The predicted molar refractivity (Wildman–Crippen MR) is 123 cm³/mol. The third-order valence-electron chi connectivity index (χ3n) is 6.17. The highest BCUT2D eigenvalue weighted by Crippen LogP contribution is 2.28. The highest BCUT2D eigenvalue weighted by atomic mass is 32.2. The van der Waals surface area contributed by atoms with Crippen molar-refractivity contribution >= 4 is 34.4 Å². The summed E-state index contributed by atoms with van der Waals surface area (Å²) in [5.74, 6) is 0. The predicted octanol–water partition coefficient (Wildman–Crippen LogP) is 4.90. The fourth-order valence-electron chi connectivity index (χ4n) is 4.53. The molecule has 0 aromatic heterocycles. The lowest BCUT2D eigenvalue weighted by Gasteiger charge is -2.40. The molecule has 1 saturated heterocycles. The van der Waals surface area contributed by atoms with Gasteiger partial charge in [-0.15, -0.1) is 0 Å². The number of nitrogens with zero attached hydrogens (tertiary/aromatic N) is 3. The first-order chi connectivity index (χ1) is 13.3. The SMILES string of the molecule is CN(CCCCN1CCN(C2CCCCC2)CC1)c1ccccc1SC=S. The van der Waals surface area contributed by atoms with Gasteiger partial charge in [-0.05, 0) is 44.4 Å². The van der Waals surface area contributed by atoms with E-state index in [4.69, 9.17) is 12.2 Å². The average Bonchev–Trinajstić information content (AvgIpc) is 2.73. The largest absolute Gasteiger partial charge is 0.374 e. The fraction of sp³-hybridized carbons (Fsp3) is 0.682. The van der Waals surface area contributed by atoms with Gasteiger partial charge < -0.3 is 9.80 Å². The topological polar surface area (TPSA) is 9.72 Å². The first kappa shape index (κ1) is 21.1. The second-order valence-corrected chi connectivity index (χ2v) is 9.43. The number of unbranched alkanes of at least 4 members (excludes halogenated alkanes) is 1. The summed E-state index contributed by atoms with van der Waals surface area (Å²) in [6.07, 6.45) is 9.77. The molecule has 0 amide bonds. The molecule has 1 aliphatic carbocycles. The summed E-state index contributed by atoms with van der Waals surface area (Å²) in [5, 5.41) is 0. The van der Waals surface area contributed by atoms with Crippen LogP contribution in [0.1, 0.15) is 44.9 Å². The molecule has 0 unspecified atom stereocenters. The van der Waals surface area contributed by atoms with Crippen molar-refractivity contribution < 1.29 is 0 Å². The summed E-state index contributed by atoms with van der Waals surface area (Å²) < 4.78 is 1.75. The summed E-state index contributed by atoms with van der Waals surface area (Å²) in [4.78, 5) is 9.08. The summed E-state index contributed by atoms with van der Waals surface area (Å²) in [7, 11) is 2.20. The Bertz CT molecular complexity index is 566. The molecule has 1 aromatic rings. The number of piperazine rings is 1. The zero-order valence-electron chi connectivity index (χ0n) is 16.8. The maximum absolute atomic E-state index is 5.02. The minimum Gasteiger partial charge on any atom is -0.374 e. The van der Waals surface area contributed by atoms with E-state index in [0.29, 0.717) is 0 Å². The van der Waals surface area contributed by atoms with Crippen LogP contribution < -0.4 is 4.90 Å². The van der Waals surface area contributed by atoms with E-state index in [0.717, 1.165) is 12.6 Å². The lowest BCUT2D eigenvalue weighted by Crippen LogP contribution is -2.50. The molecule has 0 atom stereocenters. The zero-order chi connectivity index (χ0) is 18.9. The van der Waals surface area contributed by atoms with Crippen LogP contribution in [-0.4, -0.2) is 66.9 Å². The van der Waals surface area contributed by atoms with Crippen molar-refractivity contribution in [2.45, 2.75) is 55.9 Å². The van der Waals surface area contributed by atoms with E-state index in [-0.39, 0.29) is 0 Å². The number of thiocarbonyl (C=S) groups is 1. The molecular formula is C22H35N3S2. The van der Waals surface area contributed by atoms with Crippen molar-refractivity contribution in [3.05, 3.63) is 24.3 Å². The summed E-state index contributed by atoms with van der Waals surface area (Å²) in [6, 6.07) is 9.45. The minimum absolute atomic E-state index is 0.889. The monoisotopic (exact) mass is 405 g/mol. The Labute approximate surface area is 175 Å². The van der Waals surface area contributed by atoms with Crippen LogP contribution in [0.4, 0.5) is 5.69 Å². The van der Waals surface area contributed by atoms with Crippen molar-refractivity contribution in [1.29, 1.82) is 0 Å². The van der Waals surface area contributed by atoms with Crippen molar-refractivity contribution in [2.24, 2.45) is 0 Å². The Hall–Kier alpha value is -0.620. The first-order valence-electron chi connectivity index (χ1n) is 10.6. The highest BCUT2D eigenvalue weighted by Gasteiger charge is 2.24. The molecule has 2 fully saturated rings. The Morgan fingerprint density at radius 2 is 1.81 bits per heavy atom. The van der Waals surface area contributed by atoms with E-state index in [2.05, 4.69) is 46.0 Å². The smallest absolute Gasteiger partial charge is 0.0505 e. The maximum Gasteiger partial charge on any atom is 0.0505 e. The Balaban J connectivity index is 1.33. The molecule has 0 N–H and O–H groups in total. The summed E-state index contributed by atoms with van der Waals surface area (Å²) in [5.41, 5.74) is 1.30. The molecule has 27 heavy (non-hydrogen) atoms. The number of rotatable bonds is 9. The highest BCUT2D eigenvalue weighted by molar-refractivity contribution is 8.20. The number of hydrogen-bond donors (Lipinski definition) is 0. The molecule has 1 aliphatic heterocycles. The van der Waals surface area contributed by atoms with Crippen molar-refractivity contribution in [2.75, 3.05) is 51.2 Å². The van der Waals surface area contributed by atoms with Crippen LogP contribution in [0.2, 0.25) is 0 Å². The lowest BCUT2D eigenvalue weighted by molar-refractivity contribution is 0.0783. The van der Waals surface area contributed by atoms with Gasteiger partial charge in [0, 0.05) is 55.4 Å². The first-order valence-corrected chi connectivity index (χ1v) is 12.0. The molecular weight excluding hydrogens is 370 g/mol. The van der Waals surface area contributed by atoms with Gasteiger partial charge in [0.05, 0.1) is 5.69 Å². The third-order valence-corrected chi connectivity index (χ3v) is 7.15. The number of hydrogen-bond acceptors (Lipinski definition) is 5. The van der Waals surface area contributed by atoms with Gasteiger partial charge in [0.1, 0.15) is 0 Å². The van der Waals surface area contributed by atoms with Gasteiger partial charge in [0.25, 0.3) is 0 Å². The van der Waals surface area contributed by atoms with Gasteiger partial charge in [-0.1, -0.05) is 55.4 Å². The molecule has 1 saturated carbocycles. The molecule has 3 rings (SSSR count). The fourth-order valence-corrected chi connectivity index (χ4v) is 5.44. The van der Waals surface area contributed by atoms with E-state index < -0.39 is 0 Å². The van der Waals surface area contributed by atoms with Crippen LogP contribution in [-0.2, 0) is 0 Å². The van der Waals surface area contributed by atoms with Crippen LogP contribution in [0.25, 0.3) is 0 Å². The Kier molecular flexibility index (Phi) is 8.91. The van der Waals surface area contributed by atoms with Gasteiger partial charge in [-0.3, -0.25) is 4.90 Å². The molecule has 3 nitrogen and oxygen atoms in total. The summed E-state index contributed by atoms with van der Waals surface area (Å²) >= 11 is 6.66. The summed E-state index contributed by atoms with van der Waals surface area (Å²) in [6.45, 7) is 7.46. The van der Waals surface area contributed by atoms with E-state index in [1.165, 1.54) is 88.3 Å². The molecule has 0 bridgehead atoms. The van der Waals surface area contributed by atoms with Crippen LogP contribution in [0.3, 0.4) is 0 Å². The van der Waals surface area contributed by atoms with E-state index >= 15 is 0 Å². The average molecular weight is 406 g/mol. The number of anilines is 1. The standard InChI is InChI=1S/C22H35N3S2/c1-23(21-11-5-6-12-22(21)27-19-26)13-7-8-14-24-15-17-25(18-16-24)20-9-3-2-4-10-20/h5-6,11-12,19-20H,2-4,7-10,13-18H2,1H3. The van der Waals surface area contributed by atoms with Gasteiger partial charge in [0.15, 0.2) is 0 Å². The number of para-hydroxylation sites is 1. The molecule has 0 spiro atoms. The number of benzene rings is 1. The van der Waals surface area contributed by atoms with E-state index in [1.54, 1.807) is 16.5 Å². The van der Waals surface area contributed by atoms with Gasteiger partial charge in [0.2, 0.25) is 0 Å². The maximum atomic E-state index is 5.02. The molecule has 1 aromatic carbocycles. The van der Waals surface area contributed by atoms with Crippen LogP contribution >= 0.6 is 24.0 Å². The van der Waals surface area contributed by atoms with E-state index in [9.17, 15) is 0 Å². The number of thioether (sulfide) groups is 1. The van der Waals surface area contributed by atoms with Crippen molar-refractivity contribution in [3.8, 4) is 0 Å². The minimum atomic E-state index is 0.889. The second kappa shape index (κ2) is 11.4. The third kappa shape index (κ3) is 6.45. The molecule has 0 radical (unpaired) electrons. The quantitative estimate of drug-likeness (QED) is 0.327. The van der Waals surface area contributed by atoms with Gasteiger partial charge in [-0.2, -0.15) is 0 Å². The van der Waals surface area contributed by atoms with Crippen LogP contribution in [0.5, 0.6) is 0 Å². The molecule has 5 heteroatoms.